The summed E-state index contributed by atoms with van der Waals surface area (Å²) in [5.41, 5.74) is 3.02. The van der Waals surface area contributed by atoms with E-state index < -0.39 is 0 Å². The molecule has 4 rings (SSSR count). The van der Waals surface area contributed by atoms with E-state index in [0.29, 0.717) is 22.6 Å². The fourth-order valence-corrected chi connectivity index (χ4v) is 3.06. The average Bonchev–Trinajstić information content (AvgIpc) is 2.74. The highest BCUT2D eigenvalue weighted by Gasteiger charge is 2.13. The molecule has 0 spiro atoms. The molecule has 0 aliphatic carbocycles. The SMILES string of the molecule is Cc1cc(C(=O)Nc2cccc(C(=O)Nc3ccccn3)c2)c2ccccc2n1. The molecule has 2 amide bonds. The maximum atomic E-state index is 12.9. The third kappa shape index (κ3) is 4.11. The monoisotopic (exact) mass is 382 g/mol. The van der Waals surface area contributed by atoms with Crippen molar-refractivity contribution in [1.29, 1.82) is 0 Å². The van der Waals surface area contributed by atoms with Crippen LogP contribution in [0.15, 0.2) is 79.0 Å². The molecule has 29 heavy (non-hydrogen) atoms. The molecule has 4 aromatic rings. The van der Waals surface area contributed by atoms with E-state index >= 15 is 0 Å². The third-order valence-electron chi connectivity index (χ3n) is 4.38. The number of benzene rings is 2. The van der Waals surface area contributed by atoms with E-state index in [2.05, 4.69) is 20.6 Å². The molecule has 0 fully saturated rings. The summed E-state index contributed by atoms with van der Waals surface area (Å²) in [7, 11) is 0. The number of aryl methyl sites for hydroxylation is 1. The lowest BCUT2D eigenvalue weighted by molar-refractivity contribution is 0.101. The molecule has 0 unspecified atom stereocenters. The van der Waals surface area contributed by atoms with E-state index in [1.807, 2.05) is 31.2 Å². The van der Waals surface area contributed by atoms with Crippen molar-refractivity contribution >= 4 is 34.2 Å². The molecule has 0 saturated heterocycles. The standard InChI is InChI=1S/C23H18N4O2/c1-15-13-19(18-9-2-3-10-20(18)25-15)23(29)26-17-8-6-7-16(14-17)22(28)27-21-11-4-5-12-24-21/h2-14H,1H3,(H,26,29)(H,24,27,28). The van der Waals surface area contributed by atoms with Crippen molar-refractivity contribution in [3.8, 4) is 0 Å². The van der Waals surface area contributed by atoms with Gasteiger partial charge in [-0.3, -0.25) is 14.6 Å². The van der Waals surface area contributed by atoms with Gasteiger partial charge in [-0.05, 0) is 49.4 Å². The smallest absolute Gasteiger partial charge is 0.256 e. The summed E-state index contributed by atoms with van der Waals surface area (Å²) in [4.78, 5) is 33.9. The fraction of sp³-hybridized carbons (Fsp3) is 0.0435. The Kier molecular flexibility index (Phi) is 4.99. The zero-order chi connectivity index (χ0) is 20.2. The second-order valence-corrected chi connectivity index (χ2v) is 6.53. The molecule has 6 nitrogen and oxygen atoms in total. The van der Waals surface area contributed by atoms with Gasteiger partial charge in [0.2, 0.25) is 0 Å². The van der Waals surface area contributed by atoms with Crippen LogP contribution in [0.25, 0.3) is 10.9 Å². The molecule has 0 aliphatic rings. The van der Waals surface area contributed by atoms with Crippen molar-refractivity contribution in [2.24, 2.45) is 0 Å². The molecule has 2 heterocycles. The van der Waals surface area contributed by atoms with Gasteiger partial charge in [0, 0.05) is 28.5 Å². The van der Waals surface area contributed by atoms with E-state index in [9.17, 15) is 9.59 Å². The first kappa shape index (κ1) is 18.3. The first-order valence-electron chi connectivity index (χ1n) is 9.10. The number of nitrogens with zero attached hydrogens (tertiary/aromatic N) is 2. The summed E-state index contributed by atoms with van der Waals surface area (Å²) in [5.74, 6) is -0.0929. The zero-order valence-corrected chi connectivity index (χ0v) is 15.7. The number of carbonyl (C=O) groups is 2. The molecule has 0 radical (unpaired) electrons. The van der Waals surface area contributed by atoms with Crippen LogP contribution in [0.2, 0.25) is 0 Å². The molecule has 0 bridgehead atoms. The van der Waals surface area contributed by atoms with Gasteiger partial charge in [-0.2, -0.15) is 0 Å². The minimum atomic E-state index is -0.301. The van der Waals surface area contributed by atoms with Crippen molar-refractivity contribution in [3.05, 3.63) is 95.8 Å². The molecule has 0 atom stereocenters. The first-order valence-corrected chi connectivity index (χ1v) is 9.10. The number of amides is 2. The number of rotatable bonds is 4. The van der Waals surface area contributed by atoms with Crippen LogP contribution in [0.4, 0.5) is 11.5 Å². The van der Waals surface area contributed by atoms with Crippen molar-refractivity contribution in [1.82, 2.24) is 9.97 Å². The summed E-state index contributed by atoms with van der Waals surface area (Å²) >= 11 is 0. The highest BCUT2D eigenvalue weighted by Crippen LogP contribution is 2.20. The second-order valence-electron chi connectivity index (χ2n) is 6.53. The highest BCUT2D eigenvalue weighted by molar-refractivity contribution is 6.13. The van der Waals surface area contributed by atoms with Crippen molar-refractivity contribution < 1.29 is 9.59 Å². The van der Waals surface area contributed by atoms with Crippen LogP contribution in [0.1, 0.15) is 26.4 Å². The van der Waals surface area contributed by atoms with Crippen LogP contribution in [-0.2, 0) is 0 Å². The molecule has 142 valence electrons. The van der Waals surface area contributed by atoms with Gasteiger partial charge in [0.15, 0.2) is 0 Å². The van der Waals surface area contributed by atoms with Crippen LogP contribution in [0.3, 0.4) is 0 Å². The topological polar surface area (TPSA) is 84.0 Å². The molecule has 2 N–H and O–H groups in total. The lowest BCUT2D eigenvalue weighted by Crippen LogP contribution is -2.15. The quantitative estimate of drug-likeness (QED) is 0.546. The number of pyridine rings is 2. The van der Waals surface area contributed by atoms with Crippen LogP contribution >= 0.6 is 0 Å². The predicted octanol–water partition coefficient (Wildman–Crippen LogP) is 4.44. The van der Waals surface area contributed by atoms with Gasteiger partial charge in [0.05, 0.1) is 11.1 Å². The number of anilines is 2. The van der Waals surface area contributed by atoms with Gasteiger partial charge < -0.3 is 10.6 Å². The summed E-state index contributed by atoms with van der Waals surface area (Å²) < 4.78 is 0. The largest absolute Gasteiger partial charge is 0.322 e. The van der Waals surface area contributed by atoms with Gasteiger partial charge in [0.25, 0.3) is 11.8 Å². The van der Waals surface area contributed by atoms with Gasteiger partial charge in [-0.15, -0.1) is 0 Å². The Morgan fingerprint density at radius 2 is 1.66 bits per heavy atom. The minimum absolute atomic E-state index is 0.256. The molecule has 0 saturated carbocycles. The van der Waals surface area contributed by atoms with Gasteiger partial charge in [-0.25, -0.2) is 4.98 Å². The maximum Gasteiger partial charge on any atom is 0.256 e. The molecule has 2 aromatic heterocycles. The summed E-state index contributed by atoms with van der Waals surface area (Å²) in [5, 5.41) is 6.38. The molecule has 0 aliphatic heterocycles. The molecular weight excluding hydrogens is 364 g/mol. The van der Waals surface area contributed by atoms with Crippen LogP contribution in [-0.4, -0.2) is 21.8 Å². The Balaban J connectivity index is 1.57. The Labute approximate surface area is 167 Å². The number of para-hydroxylation sites is 1. The van der Waals surface area contributed by atoms with Gasteiger partial charge in [0.1, 0.15) is 5.82 Å². The van der Waals surface area contributed by atoms with E-state index in [4.69, 9.17) is 0 Å². The summed E-state index contributed by atoms with van der Waals surface area (Å²) in [6, 6.07) is 21.3. The van der Waals surface area contributed by atoms with Crippen molar-refractivity contribution in [2.75, 3.05) is 10.6 Å². The lowest BCUT2D eigenvalue weighted by atomic mass is 10.1. The normalized spacial score (nSPS) is 10.5. The minimum Gasteiger partial charge on any atom is -0.322 e. The Morgan fingerprint density at radius 1 is 0.828 bits per heavy atom. The number of hydrogen-bond donors (Lipinski definition) is 2. The van der Waals surface area contributed by atoms with Crippen LogP contribution in [0, 0.1) is 6.92 Å². The predicted molar refractivity (Wildman–Crippen MR) is 113 cm³/mol. The number of fused-ring (bicyclic) bond motifs is 1. The van der Waals surface area contributed by atoms with Gasteiger partial charge in [-0.1, -0.05) is 30.3 Å². The van der Waals surface area contributed by atoms with Gasteiger partial charge >= 0.3 is 0 Å². The van der Waals surface area contributed by atoms with E-state index in [1.165, 1.54) is 0 Å². The average molecular weight is 382 g/mol. The summed E-state index contributed by atoms with van der Waals surface area (Å²) in [6.07, 6.45) is 1.60. The van der Waals surface area contributed by atoms with E-state index in [-0.39, 0.29) is 11.8 Å². The van der Waals surface area contributed by atoms with Crippen LogP contribution < -0.4 is 10.6 Å². The Hall–Kier alpha value is -4.06. The maximum absolute atomic E-state index is 12.9. The Bertz CT molecular complexity index is 1210. The fourth-order valence-electron chi connectivity index (χ4n) is 3.06. The van der Waals surface area contributed by atoms with Crippen molar-refractivity contribution in [3.63, 3.8) is 0 Å². The second kappa shape index (κ2) is 7.90. The summed E-state index contributed by atoms with van der Waals surface area (Å²) in [6.45, 7) is 1.85. The molecule has 2 aromatic carbocycles. The molecule has 6 heteroatoms. The Morgan fingerprint density at radius 3 is 2.48 bits per heavy atom. The number of hydrogen-bond acceptors (Lipinski definition) is 4. The zero-order valence-electron chi connectivity index (χ0n) is 15.7. The van der Waals surface area contributed by atoms with Crippen molar-refractivity contribution in [2.45, 2.75) is 6.92 Å². The van der Waals surface area contributed by atoms with E-state index in [1.54, 1.807) is 54.7 Å². The van der Waals surface area contributed by atoms with Crippen LogP contribution in [0.5, 0.6) is 0 Å². The highest BCUT2D eigenvalue weighted by atomic mass is 16.2. The lowest BCUT2D eigenvalue weighted by Gasteiger charge is -2.10. The number of nitrogens with one attached hydrogen (secondary N) is 2. The molecular formula is C23H18N4O2. The number of carbonyl (C=O) groups excluding carboxylic acids is 2. The third-order valence-corrected chi connectivity index (χ3v) is 4.38. The first-order chi connectivity index (χ1) is 14.1. The van der Waals surface area contributed by atoms with E-state index in [0.717, 1.165) is 16.6 Å². The number of aromatic nitrogens is 2.